The van der Waals surface area contributed by atoms with Gasteiger partial charge in [-0.15, -0.1) is 0 Å². The fourth-order valence-electron chi connectivity index (χ4n) is 5.62. The van der Waals surface area contributed by atoms with Gasteiger partial charge in [0.05, 0.1) is 17.1 Å². The van der Waals surface area contributed by atoms with Gasteiger partial charge in [0.25, 0.3) is 5.91 Å². The van der Waals surface area contributed by atoms with Crippen LogP contribution in [0.5, 0.6) is 0 Å². The summed E-state index contributed by atoms with van der Waals surface area (Å²) >= 11 is 6.36. The van der Waals surface area contributed by atoms with Crippen LogP contribution in [-0.4, -0.2) is 52.5 Å². The van der Waals surface area contributed by atoms with E-state index in [1.54, 1.807) is 35.4 Å². The Morgan fingerprint density at radius 1 is 1.00 bits per heavy atom. The molecular formula is C31H29ClF2N6O. The molecule has 6 rings (SSSR count). The molecule has 4 aromatic rings. The maximum absolute atomic E-state index is 14.8. The molecule has 210 valence electrons. The minimum absolute atomic E-state index is 0.00967. The van der Waals surface area contributed by atoms with E-state index < -0.39 is 11.6 Å². The first-order valence-electron chi connectivity index (χ1n) is 13.6. The van der Waals surface area contributed by atoms with E-state index in [0.29, 0.717) is 54.0 Å². The number of benzene rings is 3. The molecule has 2 atom stereocenters. The number of nitrogens with one attached hydrogen (secondary N) is 2. The van der Waals surface area contributed by atoms with Gasteiger partial charge < -0.3 is 20.4 Å². The summed E-state index contributed by atoms with van der Waals surface area (Å²) in [5.41, 5.74) is 4.65. The Labute approximate surface area is 242 Å². The van der Waals surface area contributed by atoms with Gasteiger partial charge in [-0.3, -0.25) is 4.79 Å². The molecule has 0 aliphatic carbocycles. The first kappa shape index (κ1) is 27.1. The molecule has 3 heterocycles. The Morgan fingerprint density at radius 3 is 2.49 bits per heavy atom. The molecule has 2 N–H and O–H groups in total. The Balaban J connectivity index is 1.27. The van der Waals surface area contributed by atoms with Crippen molar-refractivity contribution in [2.45, 2.75) is 32.4 Å². The molecule has 0 spiro atoms. The van der Waals surface area contributed by atoms with Crippen molar-refractivity contribution in [1.82, 2.24) is 20.2 Å². The van der Waals surface area contributed by atoms with E-state index in [2.05, 4.69) is 29.5 Å². The number of nitrogens with zero attached hydrogens (tertiary/aromatic N) is 4. The van der Waals surface area contributed by atoms with Gasteiger partial charge in [-0.1, -0.05) is 11.6 Å². The first-order valence-corrected chi connectivity index (χ1v) is 13.9. The highest BCUT2D eigenvalue weighted by Crippen LogP contribution is 2.41. The number of hydrogen-bond acceptors (Lipinski definition) is 6. The van der Waals surface area contributed by atoms with Gasteiger partial charge in [-0.25, -0.2) is 18.7 Å². The van der Waals surface area contributed by atoms with Gasteiger partial charge in [-0.05, 0) is 80.4 Å². The number of carbonyl (C=O) groups is 1. The van der Waals surface area contributed by atoms with Crippen LogP contribution in [0.2, 0.25) is 5.02 Å². The summed E-state index contributed by atoms with van der Waals surface area (Å²) in [6.07, 6.45) is 2.30. The minimum Gasteiger partial charge on any atom is -0.338 e. The van der Waals surface area contributed by atoms with E-state index in [-0.39, 0.29) is 23.7 Å². The molecule has 10 heteroatoms. The van der Waals surface area contributed by atoms with Gasteiger partial charge in [0.2, 0.25) is 5.95 Å². The average Bonchev–Trinajstić information content (AvgIpc) is 3.09. The van der Waals surface area contributed by atoms with Gasteiger partial charge in [0.1, 0.15) is 11.6 Å². The maximum Gasteiger partial charge on any atom is 0.253 e. The van der Waals surface area contributed by atoms with Crippen molar-refractivity contribution < 1.29 is 13.6 Å². The third-order valence-electron chi connectivity index (χ3n) is 7.41. The Kier molecular flexibility index (Phi) is 7.32. The van der Waals surface area contributed by atoms with Gasteiger partial charge in [0, 0.05) is 65.8 Å². The van der Waals surface area contributed by atoms with Crippen LogP contribution in [-0.2, 0) is 6.42 Å². The normalized spacial score (nSPS) is 18.4. The van der Waals surface area contributed by atoms with Crippen LogP contribution in [0.25, 0.3) is 11.3 Å². The highest BCUT2D eigenvalue weighted by atomic mass is 35.5. The topological polar surface area (TPSA) is 73.4 Å². The molecule has 2 aliphatic heterocycles. The van der Waals surface area contributed by atoms with Crippen LogP contribution in [0.3, 0.4) is 0 Å². The lowest BCUT2D eigenvalue weighted by atomic mass is 10.0. The molecule has 2 aliphatic rings. The third kappa shape index (κ3) is 5.60. The van der Waals surface area contributed by atoms with E-state index in [1.165, 1.54) is 12.1 Å². The number of halogens is 3. The lowest BCUT2D eigenvalue weighted by Crippen LogP contribution is -2.55. The maximum atomic E-state index is 14.8. The number of hydrogen-bond donors (Lipinski definition) is 2. The predicted octanol–water partition coefficient (Wildman–Crippen LogP) is 6.34. The third-order valence-corrected chi connectivity index (χ3v) is 7.64. The lowest BCUT2D eigenvalue weighted by Gasteiger charge is -2.36. The predicted molar refractivity (Wildman–Crippen MR) is 157 cm³/mol. The van der Waals surface area contributed by atoms with Crippen molar-refractivity contribution in [1.29, 1.82) is 0 Å². The number of piperazine rings is 1. The SMILES string of the molecule is CC1CN(C(=O)c2ccc(Nc3ncc4c(n3)-c3ccc(Cl)cc3N(c3ccc(F)cc3F)CC4)cc2)CC(C)N1. The Hall–Kier alpha value is -4.08. The van der Waals surface area contributed by atoms with Gasteiger partial charge in [0.15, 0.2) is 0 Å². The summed E-state index contributed by atoms with van der Waals surface area (Å²) < 4.78 is 28.5. The fourth-order valence-corrected chi connectivity index (χ4v) is 5.78. The quantitative estimate of drug-likeness (QED) is 0.296. The zero-order valence-electron chi connectivity index (χ0n) is 22.7. The largest absolute Gasteiger partial charge is 0.338 e. The van der Waals surface area contributed by atoms with Crippen molar-refractivity contribution in [2.75, 3.05) is 29.9 Å². The summed E-state index contributed by atoms with van der Waals surface area (Å²) in [7, 11) is 0. The second-order valence-corrected chi connectivity index (χ2v) is 11.0. The molecule has 41 heavy (non-hydrogen) atoms. The molecule has 1 aromatic heterocycles. The molecule has 3 aromatic carbocycles. The van der Waals surface area contributed by atoms with E-state index in [4.69, 9.17) is 16.6 Å². The Bertz CT molecular complexity index is 1610. The van der Waals surface area contributed by atoms with E-state index in [9.17, 15) is 13.6 Å². The number of amides is 1. The summed E-state index contributed by atoms with van der Waals surface area (Å²) in [4.78, 5) is 26.1. The molecule has 1 fully saturated rings. The van der Waals surface area contributed by atoms with Crippen LogP contribution in [0.1, 0.15) is 29.8 Å². The van der Waals surface area contributed by atoms with Crippen molar-refractivity contribution in [3.8, 4) is 11.3 Å². The second kappa shape index (κ2) is 11.1. The highest BCUT2D eigenvalue weighted by molar-refractivity contribution is 6.31. The minimum atomic E-state index is -0.654. The molecule has 2 unspecified atom stereocenters. The van der Waals surface area contributed by atoms with Crippen molar-refractivity contribution in [3.05, 3.63) is 94.6 Å². The summed E-state index contributed by atoms with van der Waals surface area (Å²) in [6.45, 7) is 5.93. The van der Waals surface area contributed by atoms with E-state index >= 15 is 0 Å². The average molecular weight is 575 g/mol. The van der Waals surface area contributed by atoms with Crippen LogP contribution < -0.4 is 15.5 Å². The zero-order chi connectivity index (χ0) is 28.7. The highest BCUT2D eigenvalue weighted by Gasteiger charge is 2.27. The van der Waals surface area contributed by atoms with Crippen molar-refractivity contribution >= 4 is 40.5 Å². The number of anilines is 4. The lowest BCUT2D eigenvalue weighted by molar-refractivity contribution is 0.0674. The fraction of sp³-hybridized carbons (Fsp3) is 0.258. The number of fused-ring (bicyclic) bond motifs is 3. The number of carbonyl (C=O) groups excluding carboxylic acids is 1. The number of rotatable bonds is 4. The van der Waals surface area contributed by atoms with Crippen LogP contribution in [0, 0.1) is 11.6 Å². The van der Waals surface area contributed by atoms with Gasteiger partial charge >= 0.3 is 0 Å². The molecule has 0 bridgehead atoms. The van der Waals surface area contributed by atoms with Crippen LogP contribution >= 0.6 is 11.6 Å². The summed E-state index contributed by atoms with van der Waals surface area (Å²) in [5, 5.41) is 7.17. The first-order chi connectivity index (χ1) is 19.7. The molecule has 0 saturated carbocycles. The molecule has 7 nitrogen and oxygen atoms in total. The number of aromatic nitrogens is 2. The summed E-state index contributed by atoms with van der Waals surface area (Å²) in [6, 6.07) is 16.7. The summed E-state index contributed by atoms with van der Waals surface area (Å²) in [5.74, 6) is -0.897. The van der Waals surface area contributed by atoms with Gasteiger partial charge in [-0.2, -0.15) is 0 Å². The van der Waals surface area contributed by atoms with Crippen LogP contribution in [0.4, 0.5) is 31.8 Å². The van der Waals surface area contributed by atoms with Crippen molar-refractivity contribution in [3.63, 3.8) is 0 Å². The zero-order valence-corrected chi connectivity index (χ0v) is 23.4. The van der Waals surface area contributed by atoms with Crippen LogP contribution in [0.15, 0.2) is 66.9 Å². The molecular weight excluding hydrogens is 546 g/mol. The Morgan fingerprint density at radius 2 is 1.76 bits per heavy atom. The smallest absolute Gasteiger partial charge is 0.253 e. The monoisotopic (exact) mass is 574 g/mol. The van der Waals surface area contributed by atoms with E-state index in [1.807, 2.05) is 23.1 Å². The van der Waals surface area contributed by atoms with Crippen molar-refractivity contribution in [2.24, 2.45) is 0 Å². The molecule has 1 saturated heterocycles. The molecule has 1 amide bonds. The van der Waals surface area contributed by atoms with E-state index in [0.717, 1.165) is 22.9 Å². The standard InChI is InChI=1S/C31H29ClF2N6O/c1-18-16-39(17-19(2)36-18)30(41)20-3-7-24(8-4-20)37-31-35-15-21-11-12-40(27-10-6-23(33)14-26(27)34)28-13-22(32)5-9-25(28)29(21)38-31/h3-10,13-15,18-19,36H,11-12,16-17H2,1-2H3,(H,35,37,38). The second-order valence-electron chi connectivity index (χ2n) is 10.6. The molecule has 0 radical (unpaired) electrons.